The monoisotopic (exact) mass is 415 g/mol. The van der Waals surface area contributed by atoms with Crippen LogP contribution in [0, 0.1) is 12.7 Å². The van der Waals surface area contributed by atoms with E-state index in [4.69, 9.17) is 0 Å². The van der Waals surface area contributed by atoms with Crippen molar-refractivity contribution in [2.24, 2.45) is 0 Å². The zero-order valence-corrected chi connectivity index (χ0v) is 17.5. The van der Waals surface area contributed by atoms with E-state index in [2.05, 4.69) is 48.6 Å². The molecule has 1 heterocycles. The molecule has 0 unspecified atom stereocenters. The zero-order chi connectivity index (χ0) is 20.7. The fraction of sp³-hybridized carbons (Fsp3) is 0.192. The topological polar surface area (TPSA) is 29.1 Å². The van der Waals surface area contributed by atoms with Gasteiger partial charge in [-0.15, -0.1) is 11.8 Å². The lowest BCUT2D eigenvalue weighted by molar-refractivity contribution is -0.116. The number of halogens is 1. The number of aryl methyl sites for hydroxylation is 1. The number of fused-ring (bicyclic) bond motifs is 1. The Bertz CT molecular complexity index is 1130. The van der Waals surface area contributed by atoms with Gasteiger partial charge in [-0.25, -0.2) is 4.39 Å². The molecule has 3 aromatic carbocycles. The molecule has 2 nitrogen and oxygen atoms in total. The van der Waals surface area contributed by atoms with Crippen LogP contribution in [0.3, 0.4) is 0 Å². The van der Waals surface area contributed by atoms with E-state index in [1.807, 2.05) is 12.1 Å². The molecule has 5 rings (SSSR count). The molecule has 4 heteroatoms. The Morgan fingerprint density at radius 1 is 0.900 bits per heavy atom. The summed E-state index contributed by atoms with van der Waals surface area (Å²) in [6.07, 6.45) is 1.19. The smallest absolute Gasteiger partial charge is 0.162 e. The quantitative estimate of drug-likeness (QED) is 0.499. The minimum Gasteiger partial charge on any atom is -0.358 e. The molecule has 2 aliphatic rings. The number of anilines is 1. The van der Waals surface area contributed by atoms with Gasteiger partial charge in [0.25, 0.3) is 0 Å². The van der Waals surface area contributed by atoms with Crippen molar-refractivity contribution in [2.45, 2.75) is 35.8 Å². The molecule has 0 saturated heterocycles. The van der Waals surface area contributed by atoms with E-state index >= 15 is 0 Å². The third-order valence-electron chi connectivity index (χ3n) is 5.91. The maximum absolute atomic E-state index is 13.4. The summed E-state index contributed by atoms with van der Waals surface area (Å²) in [5, 5.41) is 3.53. The van der Waals surface area contributed by atoms with Crippen LogP contribution in [-0.4, -0.2) is 5.78 Å². The summed E-state index contributed by atoms with van der Waals surface area (Å²) in [5.74, 6) is -0.0274. The number of thioether (sulfide) groups is 1. The summed E-state index contributed by atoms with van der Waals surface area (Å²) in [5.41, 5.74) is 6.26. The van der Waals surface area contributed by atoms with Gasteiger partial charge in [-0.2, -0.15) is 0 Å². The molecule has 1 aliphatic heterocycles. The van der Waals surface area contributed by atoms with Crippen LogP contribution in [0.1, 0.15) is 40.7 Å². The summed E-state index contributed by atoms with van der Waals surface area (Å²) in [6.45, 7) is 2.07. The summed E-state index contributed by atoms with van der Waals surface area (Å²) in [4.78, 5) is 14.6. The van der Waals surface area contributed by atoms with Crippen molar-refractivity contribution in [1.82, 2.24) is 0 Å². The number of carbonyl (C=O) groups excluding carboxylic acids is 1. The number of para-hydroxylation sites is 1. The highest BCUT2D eigenvalue weighted by Crippen LogP contribution is 2.51. The molecule has 0 fully saturated rings. The van der Waals surface area contributed by atoms with Crippen LogP contribution in [-0.2, 0) is 4.79 Å². The second-order valence-electron chi connectivity index (χ2n) is 8.00. The predicted octanol–water partition coefficient (Wildman–Crippen LogP) is 6.79. The molecule has 0 spiro atoms. The van der Waals surface area contributed by atoms with Gasteiger partial charge in [0.05, 0.1) is 10.9 Å². The van der Waals surface area contributed by atoms with Crippen LogP contribution in [0.4, 0.5) is 10.1 Å². The van der Waals surface area contributed by atoms with Crippen LogP contribution in [0.15, 0.2) is 89.0 Å². The van der Waals surface area contributed by atoms with Crippen molar-refractivity contribution in [2.75, 3.05) is 5.32 Å². The second-order valence-corrected chi connectivity index (χ2v) is 9.15. The largest absolute Gasteiger partial charge is 0.358 e. The molecule has 0 amide bonds. The van der Waals surface area contributed by atoms with Gasteiger partial charge in [0.2, 0.25) is 0 Å². The standard InChI is InChI=1S/C26H22FNOS/c1-16-6-8-18(9-7-16)26-25-22(28-21-4-2-3-5-24(21)30-26)14-19(15-23(25)29)17-10-12-20(27)13-11-17/h2-13,19,26,28H,14-15H2,1H3/t19-,26+/m0/s1. The first-order chi connectivity index (χ1) is 14.6. The molecule has 0 saturated carbocycles. The number of hydrogen-bond acceptors (Lipinski definition) is 3. The molecule has 150 valence electrons. The fourth-order valence-corrected chi connectivity index (χ4v) is 5.66. The molecule has 0 radical (unpaired) electrons. The highest BCUT2D eigenvalue weighted by atomic mass is 32.2. The molecule has 30 heavy (non-hydrogen) atoms. The van der Waals surface area contributed by atoms with Gasteiger partial charge >= 0.3 is 0 Å². The highest BCUT2D eigenvalue weighted by Gasteiger charge is 2.36. The van der Waals surface area contributed by atoms with Gasteiger partial charge in [0.15, 0.2) is 5.78 Å². The number of Topliss-reactive ketones (excluding diaryl/α,β-unsaturated/α-hetero) is 1. The SMILES string of the molecule is Cc1ccc([C@H]2Sc3ccccc3NC3=C2C(=O)C[C@@H](c2ccc(F)cc2)C3)cc1. The predicted molar refractivity (Wildman–Crippen MR) is 120 cm³/mol. The first-order valence-electron chi connectivity index (χ1n) is 10.2. The van der Waals surface area contributed by atoms with Crippen LogP contribution < -0.4 is 5.32 Å². The van der Waals surface area contributed by atoms with Gasteiger partial charge in [0, 0.05) is 22.6 Å². The Hall–Kier alpha value is -2.85. The van der Waals surface area contributed by atoms with Gasteiger partial charge in [0.1, 0.15) is 5.82 Å². The lowest BCUT2D eigenvalue weighted by Gasteiger charge is -2.29. The van der Waals surface area contributed by atoms with Gasteiger partial charge in [-0.1, -0.05) is 54.1 Å². The van der Waals surface area contributed by atoms with Crippen molar-refractivity contribution in [3.8, 4) is 0 Å². The number of nitrogens with one attached hydrogen (secondary N) is 1. The molecule has 3 aromatic rings. The van der Waals surface area contributed by atoms with Gasteiger partial charge in [-0.05, 0) is 54.7 Å². The maximum Gasteiger partial charge on any atom is 0.162 e. The minimum absolute atomic E-state index is 0.0431. The Labute approximate surface area is 180 Å². The van der Waals surface area contributed by atoms with E-state index in [1.165, 1.54) is 17.7 Å². The zero-order valence-electron chi connectivity index (χ0n) is 16.7. The number of rotatable bonds is 2. The third-order valence-corrected chi connectivity index (χ3v) is 7.26. The molecule has 0 bridgehead atoms. The molecular weight excluding hydrogens is 393 g/mol. The third kappa shape index (κ3) is 3.56. The van der Waals surface area contributed by atoms with Crippen molar-refractivity contribution < 1.29 is 9.18 Å². The maximum atomic E-state index is 13.4. The fourth-order valence-electron chi connectivity index (χ4n) is 4.32. The van der Waals surface area contributed by atoms with E-state index in [9.17, 15) is 9.18 Å². The van der Waals surface area contributed by atoms with Crippen LogP contribution in [0.25, 0.3) is 0 Å². The number of hydrogen-bond donors (Lipinski definition) is 1. The van der Waals surface area contributed by atoms with Crippen molar-refractivity contribution in [1.29, 1.82) is 0 Å². The van der Waals surface area contributed by atoms with E-state index in [-0.39, 0.29) is 22.8 Å². The molecule has 1 aliphatic carbocycles. The van der Waals surface area contributed by atoms with Crippen LogP contribution in [0.5, 0.6) is 0 Å². The highest BCUT2D eigenvalue weighted by molar-refractivity contribution is 8.00. The van der Waals surface area contributed by atoms with E-state index in [0.29, 0.717) is 6.42 Å². The van der Waals surface area contributed by atoms with Gasteiger partial charge in [-0.3, -0.25) is 4.79 Å². The summed E-state index contributed by atoms with van der Waals surface area (Å²) >= 11 is 1.73. The van der Waals surface area contributed by atoms with Crippen molar-refractivity contribution in [3.05, 3.63) is 107 Å². The van der Waals surface area contributed by atoms with Crippen LogP contribution >= 0.6 is 11.8 Å². The Morgan fingerprint density at radius 3 is 2.37 bits per heavy atom. The number of carbonyl (C=O) groups is 1. The molecule has 2 atom stereocenters. The summed E-state index contributed by atoms with van der Waals surface area (Å²) in [6, 6.07) is 23.2. The Kier molecular flexibility index (Phi) is 4.95. The van der Waals surface area contributed by atoms with E-state index in [0.717, 1.165) is 39.4 Å². The van der Waals surface area contributed by atoms with Gasteiger partial charge < -0.3 is 5.32 Å². The summed E-state index contributed by atoms with van der Waals surface area (Å²) < 4.78 is 13.4. The molecule has 1 N–H and O–H groups in total. The Morgan fingerprint density at radius 2 is 1.60 bits per heavy atom. The molecule has 0 aromatic heterocycles. The number of ketones is 1. The normalized spacial score (nSPS) is 20.8. The number of allylic oxidation sites excluding steroid dienone is 1. The lowest BCUT2D eigenvalue weighted by Crippen LogP contribution is -2.24. The minimum atomic E-state index is -0.252. The average molecular weight is 416 g/mol. The second kappa shape index (κ2) is 7.77. The van der Waals surface area contributed by atoms with E-state index in [1.54, 1.807) is 23.9 Å². The van der Waals surface area contributed by atoms with E-state index < -0.39 is 0 Å². The summed E-state index contributed by atoms with van der Waals surface area (Å²) in [7, 11) is 0. The van der Waals surface area contributed by atoms with Crippen molar-refractivity contribution >= 4 is 23.2 Å². The first kappa shape index (κ1) is 19.1. The average Bonchev–Trinajstić information content (AvgIpc) is 2.91. The first-order valence-corrected chi connectivity index (χ1v) is 11.1. The number of benzene rings is 3. The van der Waals surface area contributed by atoms with Crippen molar-refractivity contribution in [3.63, 3.8) is 0 Å². The van der Waals surface area contributed by atoms with Crippen LogP contribution in [0.2, 0.25) is 0 Å². The lowest BCUT2D eigenvalue weighted by atomic mass is 9.80. The Balaban J connectivity index is 1.60. The molecular formula is C26H22FNOS.